The lowest BCUT2D eigenvalue weighted by Crippen LogP contribution is -2.38. The molecule has 4 amide bonds. The molecular formula is C20H20N4O3. The van der Waals surface area contributed by atoms with Crippen molar-refractivity contribution in [3.63, 3.8) is 0 Å². The third kappa shape index (κ3) is 3.40. The molecule has 1 aromatic carbocycles. The number of pyridine rings is 1. The van der Waals surface area contributed by atoms with Crippen molar-refractivity contribution in [3.8, 4) is 0 Å². The molecule has 2 saturated heterocycles. The molecule has 4 rings (SSSR count). The zero-order valence-electron chi connectivity index (χ0n) is 14.8. The summed E-state index contributed by atoms with van der Waals surface area (Å²) in [5, 5.41) is 2.25. The maximum Gasteiger partial charge on any atom is 0.329 e. The lowest BCUT2D eigenvalue weighted by atomic mass is 9.95. The average molecular weight is 364 g/mol. The minimum atomic E-state index is -0.438. The highest BCUT2D eigenvalue weighted by atomic mass is 16.2. The summed E-state index contributed by atoms with van der Waals surface area (Å²) in [5.41, 5.74) is 2.22. The minimum Gasteiger partial charge on any atom is -0.332 e. The first-order valence-electron chi connectivity index (χ1n) is 9.06. The Morgan fingerprint density at radius 3 is 2.59 bits per heavy atom. The monoisotopic (exact) mass is 364 g/mol. The van der Waals surface area contributed by atoms with Gasteiger partial charge in [0.1, 0.15) is 6.54 Å². The molecule has 27 heavy (non-hydrogen) atoms. The van der Waals surface area contributed by atoms with Crippen LogP contribution in [0.5, 0.6) is 0 Å². The number of piperidine rings is 1. The van der Waals surface area contributed by atoms with Gasteiger partial charge in [-0.2, -0.15) is 0 Å². The van der Waals surface area contributed by atoms with Gasteiger partial charge >= 0.3 is 6.03 Å². The molecule has 0 spiro atoms. The van der Waals surface area contributed by atoms with Gasteiger partial charge in [-0.05, 0) is 55.2 Å². The van der Waals surface area contributed by atoms with Crippen LogP contribution in [-0.4, -0.2) is 40.8 Å². The number of benzene rings is 1. The maximum absolute atomic E-state index is 13.1. The first kappa shape index (κ1) is 17.2. The SMILES string of the molecule is O=C1CN(c2ccc(C(=O)N3CCCCC3c3cccnc3)cc2)C(=O)N1. The van der Waals surface area contributed by atoms with Gasteiger partial charge < -0.3 is 4.90 Å². The Morgan fingerprint density at radius 2 is 1.93 bits per heavy atom. The van der Waals surface area contributed by atoms with Crippen molar-refractivity contribution in [1.29, 1.82) is 0 Å². The third-order valence-corrected chi connectivity index (χ3v) is 5.05. The van der Waals surface area contributed by atoms with E-state index in [2.05, 4.69) is 10.3 Å². The minimum absolute atomic E-state index is 0.00132. The smallest absolute Gasteiger partial charge is 0.329 e. The molecule has 1 atom stereocenters. The Labute approximate surface area is 157 Å². The van der Waals surface area contributed by atoms with Crippen molar-refractivity contribution in [2.24, 2.45) is 0 Å². The Bertz CT molecular complexity index is 867. The van der Waals surface area contributed by atoms with Crippen LogP contribution in [0.2, 0.25) is 0 Å². The van der Waals surface area contributed by atoms with Crippen LogP contribution in [0.3, 0.4) is 0 Å². The molecule has 2 aliphatic rings. The van der Waals surface area contributed by atoms with E-state index in [1.807, 2.05) is 23.2 Å². The predicted octanol–water partition coefficient (Wildman–Crippen LogP) is 2.51. The molecule has 138 valence electrons. The van der Waals surface area contributed by atoms with Gasteiger partial charge in [0.15, 0.2) is 0 Å². The van der Waals surface area contributed by atoms with Gasteiger partial charge in [-0.25, -0.2) is 4.79 Å². The van der Waals surface area contributed by atoms with E-state index in [9.17, 15) is 14.4 Å². The van der Waals surface area contributed by atoms with Gasteiger partial charge in [-0.1, -0.05) is 6.07 Å². The van der Waals surface area contributed by atoms with Gasteiger partial charge in [-0.3, -0.25) is 24.8 Å². The molecule has 2 fully saturated rings. The molecule has 2 aromatic rings. The first-order valence-corrected chi connectivity index (χ1v) is 9.06. The number of rotatable bonds is 3. The van der Waals surface area contributed by atoms with E-state index >= 15 is 0 Å². The van der Waals surface area contributed by atoms with Crippen LogP contribution in [0.4, 0.5) is 10.5 Å². The number of nitrogens with zero attached hydrogens (tertiary/aromatic N) is 3. The number of aromatic nitrogens is 1. The number of carbonyl (C=O) groups excluding carboxylic acids is 3. The summed E-state index contributed by atoms with van der Waals surface area (Å²) < 4.78 is 0. The molecule has 0 bridgehead atoms. The lowest BCUT2D eigenvalue weighted by Gasteiger charge is -2.36. The Balaban J connectivity index is 1.54. The lowest BCUT2D eigenvalue weighted by molar-refractivity contribution is -0.117. The van der Waals surface area contributed by atoms with Crippen molar-refractivity contribution in [2.75, 3.05) is 18.0 Å². The van der Waals surface area contributed by atoms with E-state index in [-0.39, 0.29) is 24.4 Å². The summed E-state index contributed by atoms with van der Waals surface area (Å²) in [4.78, 5) is 43.7. The second kappa shape index (κ2) is 7.19. The van der Waals surface area contributed by atoms with Crippen LogP contribution in [0.1, 0.15) is 41.2 Å². The number of likely N-dealkylation sites (tertiary alicyclic amines) is 1. The van der Waals surface area contributed by atoms with Crippen LogP contribution >= 0.6 is 0 Å². The van der Waals surface area contributed by atoms with Crippen LogP contribution in [-0.2, 0) is 4.79 Å². The number of anilines is 1. The number of carbonyl (C=O) groups is 3. The summed E-state index contributed by atoms with van der Waals surface area (Å²) in [6, 6.07) is 10.3. The predicted molar refractivity (Wildman–Crippen MR) is 99.2 cm³/mol. The Kier molecular flexibility index (Phi) is 4.58. The highest BCUT2D eigenvalue weighted by molar-refractivity contribution is 6.12. The molecule has 0 aliphatic carbocycles. The highest BCUT2D eigenvalue weighted by Crippen LogP contribution is 2.32. The fraction of sp³-hybridized carbons (Fsp3) is 0.300. The average Bonchev–Trinajstić information content (AvgIpc) is 3.06. The van der Waals surface area contributed by atoms with E-state index in [0.717, 1.165) is 24.8 Å². The zero-order chi connectivity index (χ0) is 18.8. The third-order valence-electron chi connectivity index (χ3n) is 5.05. The summed E-state index contributed by atoms with van der Waals surface area (Å²) in [6.07, 6.45) is 6.54. The van der Waals surface area contributed by atoms with Gasteiger partial charge in [0, 0.05) is 30.2 Å². The number of amides is 4. The van der Waals surface area contributed by atoms with Crippen LogP contribution < -0.4 is 10.2 Å². The van der Waals surface area contributed by atoms with E-state index < -0.39 is 6.03 Å². The number of hydrogen-bond donors (Lipinski definition) is 1. The van der Waals surface area contributed by atoms with Crippen LogP contribution in [0.25, 0.3) is 0 Å². The zero-order valence-corrected chi connectivity index (χ0v) is 14.8. The molecule has 2 aliphatic heterocycles. The summed E-state index contributed by atoms with van der Waals surface area (Å²) in [5.74, 6) is -0.357. The summed E-state index contributed by atoms with van der Waals surface area (Å²) in [7, 11) is 0. The molecular weight excluding hydrogens is 344 g/mol. The second-order valence-corrected chi connectivity index (χ2v) is 6.78. The molecule has 7 nitrogen and oxygen atoms in total. The quantitative estimate of drug-likeness (QED) is 0.849. The molecule has 1 N–H and O–H groups in total. The fourth-order valence-electron chi connectivity index (χ4n) is 3.69. The molecule has 0 radical (unpaired) electrons. The molecule has 1 aromatic heterocycles. The van der Waals surface area contributed by atoms with Gasteiger partial charge in [0.05, 0.1) is 6.04 Å². The normalized spacial score (nSPS) is 19.9. The molecule has 7 heteroatoms. The van der Waals surface area contributed by atoms with Gasteiger partial charge in [0.2, 0.25) is 5.91 Å². The van der Waals surface area contributed by atoms with E-state index in [4.69, 9.17) is 0 Å². The number of imide groups is 1. The fourth-order valence-corrected chi connectivity index (χ4v) is 3.69. The number of nitrogens with one attached hydrogen (secondary N) is 1. The highest BCUT2D eigenvalue weighted by Gasteiger charge is 2.30. The molecule has 1 unspecified atom stereocenters. The van der Waals surface area contributed by atoms with Gasteiger partial charge in [-0.15, -0.1) is 0 Å². The van der Waals surface area contributed by atoms with Crippen molar-refractivity contribution >= 4 is 23.5 Å². The molecule has 3 heterocycles. The standard InChI is InChI=1S/C20H20N4O3/c25-18-13-24(20(27)22-18)16-8-6-14(7-9-16)19(26)23-11-2-1-5-17(23)15-4-3-10-21-12-15/h3-4,6-10,12,17H,1-2,5,11,13H2,(H,22,25,27). The Morgan fingerprint density at radius 1 is 1.11 bits per heavy atom. The topological polar surface area (TPSA) is 82.6 Å². The van der Waals surface area contributed by atoms with E-state index in [0.29, 0.717) is 17.8 Å². The van der Waals surface area contributed by atoms with Crippen molar-refractivity contribution in [1.82, 2.24) is 15.2 Å². The summed E-state index contributed by atoms with van der Waals surface area (Å²) in [6.45, 7) is 0.713. The number of urea groups is 1. The molecule has 0 saturated carbocycles. The van der Waals surface area contributed by atoms with E-state index in [1.54, 1.807) is 30.5 Å². The van der Waals surface area contributed by atoms with Crippen molar-refractivity contribution in [2.45, 2.75) is 25.3 Å². The maximum atomic E-state index is 13.1. The van der Waals surface area contributed by atoms with Crippen LogP contribution in [0, 0.1) is 0 Å². The van der Waals surface area contributed by atoms with Crippen molar-refractivity contribution < 1.29 is 14.4 Å². The first-order chi connectivity index (χ1) is 13.1. The summed E-state index contributed by atoms with van der Waals surface area (Å²) >= 11 is 0. The van der Waals surface area contributed by atoms with Crippen molar-refractivity contribution in [3.05, 3.63) is 59.9 Å². The van der Waals surface area contributed by atoms with E-state index in [1.165, 1.54) is 4.90 Å². The second-order valence-electron chi connectivity index (χ2n) is 6.78. The van der Waals surface area contributed by atoms with Gasteiger partial charge in [0.25, 0.3) is 5.91 Å². The number of hydrogen-bond acceptors (Lipinski definition) is 4. The Hall–Kier alpha value is -3.22. The largest absolute Gasteiger partial charge is 0.332 e. The van der Waals surface area contributed by atoms with Crippen LogP contribution in [0.15, 0.2) is 48.8 Å².